The maximum atomic E-state index is 12.4. The molecule has 0 aliphatic carbocycles. The van der Waals surface area contributed by atoms with Crippen LogP contribution in [0.15, 0.2) is 0 Å². The first kappa shape index (κ1) is 17.3. The van der Waals surface area contributed by atoms with Gasteiger partial charge in [-0.05, 0) is 27.7 Å². The minimum Gasteiger partial charge on any atom is -0.311 e. The van der Waals surface area contributed by atoms with Crippen LogP contribution in [0, 0.1) is 0 Å². The fourth-order valence-corrected chi connectivity index (χ4v) is 5.76. The molecule has 0 spiro atoms. The smallest absolute Gasteiger partial charge is 0.311 e. The average Bonchev–Trinajstić information content (AvgIpc) is 2.29. The summed E-state index contributed by atoms with van der Waals surface area (Å²) >= 11 is 0. The van der Waals surface area contributed by atoms with E-state index < -0.39 is 20.6 Å². The summed E-state index contributed by atoms with van der Waals surface area (Å²) in [6, 6.07) is 0. The predicted octanol–water partition coefficient (Wildman–Crippen LogP) is 3.47. The summed E-state index contributed by atoms with van der Waals surface area (Å²) in [7, 11) is -5.72. The summed E-state index contributed by atoms with van der Waals surface area (Å²) in [4.78, 5) is 0. The van der Waals surface area contributed by atoms with E-state index in [0.29, 0.717) is 0 Å². The topological polar surface area (TPSA) is 71.1 Å². The Morgan fingerprint density at radius 2 is 1.24 bits per heavy atom. The second kappa shape index (κ2) is 7.67. The van der Waals surface area contributed by atoms with Crippen molar-refractivity contribution in [2.45, 2.75) is 33.1 Å². The second-order valence-electron chi connectivity index (χ2n) is 3.15. The third kappa shape index (κ3) is 4.47. The zero-order valence-corrected chi connectivity index (χ0v) is 12.8. The molecule has 0 aromatic rings. The van der Waals surface area contributed by atoms with E-state index in [1.165, 1.54) is 14.0 Å². The van der Waals surface area contributed by atoms with E-state index in [4.69, 9.17) is 18.1 Å². The molecule has 0 radical (unpaired) electrons. The van der Waals surface area contributed by atoms with Gasteiger partial charge in [0.05, 0.1) is 19.8 Å². The SMILES string of the molecule is CCOP(=O)(OC)C(C)P(=O)(OCC)OCC. The highest BCUT2D eigenvalue weighted by molar-refractivity contribution is 7.72. The number of hydrogen-bond acceptors (Lipinski definition) is 6. The van der Waals surface area contributed by atoms with Crippen LogP contribution in [-0.2, 0) is 27.2 Å². The third-order valence-electron chi connectivity index (χ3n) is 2.10. The zero-order chi connectivity index (χ0) is 13.5. The first-order valence-corrected chi connectivity index (χ1v) is 8.81. The van der Waals surface area contributed by atoms with E-state index in [-0.39, 0.29) is 19.8 Å². The Balaban J connectivity index is 5.11. The molecule has 104 valence electrons. The molecule has 2 unspecified atom stereocenters. The molecule has 0 aliphatic heterocycles. The molecule has 0 rings (SSSR count). The van der Waals surface area contributed by atoms with Gasteiger partial charge in [0.1, 0.15) is 0 Å². The summed E-state index contributed by atoms with van der Waals surface area (Å²) in [6.07, 6.45) is 0. The predicted molar refractivity (Wildman–Crippen MR) is 66.6 cm³/mol. The van der Waals surface area contributed by atoms with Crippen LogP contribution < -0.4 is 0 Å². The monoisotopic (exact) mass is 288 g/mol. The van der Waals surface area contributed by atoms with E-state index in [1.54, 1.807) is 20.8 Å². The van der Waals surface area contributed by atoms with Gasteiger partial charge in [-0.15, -0.1) is 0 Å². The molecule has 6 nitrogen and oxygen atoms in total. The molecule has 0 amide bonds. The van der Waals surface area contributed by atoms with Crippen molar-refractivity contribution < 1.29 is 27.2 Å². The van der Waals surface area contributed by atoms with Crippen molar-refractivity contribution in [1.29, 1.82) is 0 Å². The van der Waals surface area contributed by atoms with Gasteiger partial charge < -0.3 is 18.1 Å². The van der Waals surface area contributed by atoms with Gasteiger partial charge in [0.25, 0.3) is 0 Å². The van der Waals surface area contributed by atoms with E-state index in [2.05, 4.69) is 0 Å². The van der Waals surface area contributed by atoms with Gasteiger partial charge in [-0.3, -0.25) is 9.13 Å². The van der Waals surface area contributed by atoms with Crippen molar-refractivity contribution in [2.24, 2.45) is 0 Å². The van der Waals surface area contributed by atoms with Crippen molar-refractivity contribution >= 4 is 15.2 Å². The number of hydrogen-bond donors (Lipinski definition) is 0. The Morgan fingerprint density at radius 3 is 1.53 bits per heavy atom. The molecule has 8 heteroatoms. The highest BCUT2D eigenvalue weighted by Crippen LogP contribution is 2.69. The lowest BCUT2D eigenvalue weighted by atomic mass is 10.9. The molecule has 0 fully saturated rings. The Bertz CT molecular complexity index is 296. The van der Waals surface area contributed by atoms with Gasteiger partial charge in [-0.2, -0.15) is 0 Å². The van der Waals surface area contributed by atoms with Gasteiger partial charge in [0, 0.05) is 7.11 Å². The van der Waals surface area contributed by atoms with E-state index >= 15 is 0 Å². The Labute approximate surface area is 103 Å². The van der Waals surface area contributed by atoms with Crippen LogP contribution in [0.3, 0.4) is 0 Å². The molecule has 0 aliphatic rings. The minimum atomic E-state index is -3.49. The standard InChI is InChI=1S/C9H22O6P2/c1-6-13-16(10,12-5)9(4)17(11,14-7-2)15-8-3/h9H,6-8H2,1-5H3. The maximum absolute atomic E-state index is 12.4. The molecule has 2 atom stereocenters. The molecule has 0 saturated carbocycles. The van der Waals surface area contributed by atoms with Crippen LogP contribution in [-0.4, -0.2) is 32.3 Å². The summed E-state index contributed by atoms with van der Waals surface area (Å²) in [5.74, 6) is 0. The van der Waals surface area contributed by atoms with Gasteiger partial charge in [0.15, 0.2) is 5.40 Å². The molecule has 0 saturated heterocycles. The Kier molecular flexibility index (Phi) is 7.81. The molecule has 17 heavy (non-hydrogen) atoms. The highest BCUT2D eigenvalue weighted by Gasteiger charge is 2.46. The Hall–Kier alpha value is 0.300. The lowest BCUT2D eigenvalue weighted by Gasteiger charge is -2.28. The Morgan fingerprint density at radius 1 is 0.882 bits per heavy atom. The van der Waals surface area contributed by atoms with Gasteiger partial charge >= 0.3 is 15.2 Å². The fourth-order valence-electron chi connectivity index (χ4n) is 1.28. The zero-order valence-electron chi connectivity index (χ0n) is 11.0. The van der Waals surface area contributed by atoms with Crippen molar-refractivity contribution in [3.05, 3.63) is 0 Å². The van der Waals surface area contributed by atoms with Crippen LogP contribution >= 0.6 is 15.2 Å². The van der Waals surface area contributed by atoms with Gasteiger partial charge in [-0.25, -0.2) is 0 Å². The van der Waals surface area contributed by atoms with Crippen LogP contribution in [0.2, 0.25) is 0 Å². The van der Waals surface area contributed by atoms with E-state index in [1.807, 2.05) is 0 Å². The molecule has 0 bridgehead atoms. The fraction of sp³-hybridized carbons (Fsp3) is 1.00. The third-order valence-corrected chi connectivity index (χ3v) is 7.99. The molecule has 0 aromatic carbocycles. The van der Waals surface area contributed by atoms with Crippen molar-refractivity contribution in [3.8, 4) is 0 Å². The number of rotatable bonds is 9. The summed E-state index contributed by atoms with van der Waals surface area (Å²) in [5, 5.41) is -0.945. The second-order valence-corrected chi connectivity index (χ2v) is 8.40. The lowest BCUT2D eigenvalue weighted by Crippen LogP contribution is -2.13. The van der Waals surface area contributed by atoms with Crippen molar-refractivity contribution in [1.82, 2.24) is 0 Å². The maximum Gasteiger partial charge on any atom is 0.345 e. The largest absolute Gasteiger partial charge is 0.345 e. The van der Waals surface area contributed by atoms with Gasteiger partial charge in [0.2, 0.25) is 0 Å². The molecule has 0 N–H and O–H groups in total. The summed E-state index contributed by atoms with van der Waals surface area (Å²) in [6.45, 7) is 7.17. The first-order valence-electron chi connectivity index (χ1n) is 5.58. The summed E-state index contributed by atoms with van der Waals surface area (Å²) < 4.78 is 44.9. The summed E-state index contributed by atoms with van der Waals surface area (Å²) in [5.41, 5.74) is 0. The van der Waals surface area contributed by atoms with Crippen LogP contribution in [0.5, 0.6) is 0 Å². The van der Waals surface area contributed by atoms with Crippen LogP contribution in [0.25, 0.3) is 0 Å². The highest BCUT2D eigenvalue weighted by atomic mass is 31.2. The van der Waals surface area contributed by atoms with Gasteiger partial charge in [-0.1, -0.05) is 0 Å². The molecular weight excluding hydrogens is 266 g/mol. The molecule has 0 heterocycles. The minimum absolute atomic E-state index is 0.202. The van der Waals surface area contributed by atoms with Crippen LogP contribution in [0.1, 0.15) is 27.7 Å². The van der Waals surface area contributed by atoms with E-state index in [9.17, 15) is 9.13 Å². The first-order chi connectivity index (χ1) is 7.90. The molecule has 0 aromatic heterocycles. The average molecular weight is 288 g/mol. The normalized spacial score (nSPS) is 17.7. The molecular formula is C9H22O6P2. The van der Waals surface area contributed by atoms with Crippen LogP contribution in [0.4, 0.5) is 0 Å². The van der Waals surface area contributed by atoms with E-state index in [0.717, 1.165) is 0 Å². The van der Waals surface area contributed by atoms with Crippen molar-refractivity contribution in [2.75, 3.05) is 26.9 Å². The van der Waals surface area contributed by atoms with Crippen molar-refractivity contribution in [3.63, 3.8) is 0 Å². The quantitative estimate of drug-likeness (QED) is 0.605. The lowest BCUT2D eigenvalue weighted by molar-refractivity contribution is 0.205.